The quantitative estimate of drug-likeness (QED) is 0.735. The Morgan fingerprint density at radius 2 is 2.18 bits per heavy atom. The number of rotatable bonds is 3. The van der Waals surface area contributed by atoms with Crippen LogP contribution in [0.4, 0.5) is 0 Å². The number of ether oxygens (including phenoxy) is 1. The van der Waals surface area contributed by atoms with Gasteiger partial charge in [0, 0.05) is 13.5 Å². The Morgan fingerprint density at radius 3 is 2.82 bits per heavy atom. The van der Waals surface area contributed by atoms with Gasteiger partial charge in [0.05, 0.1) is 25.6 Å². The molecule has 3 nitrogen and oxygen atoms in total. The van der Waals surface area contributed by atoms with Crippen LogP contribution >= 0.6 is 0 Å². The van der Waals surface area contributed by atoms with Crippen LogP contribution in [-0.2, 0) is 10.3 Å². The minimum Gasteiger partial charge on any atom is -0.467 e. The molecule has 3 heteroatoms. The number of benzene rings is 1. The first-order chi connectivity index (χ1) is 8.16. The molecule has 1 aliphatic rings. The van der Waals surface area contributed by atoms with Crippen LogP contribution in [0, 0.1) is 13.0 Å². The molecule has 1 aromatic carbocycles. The van der Waals surface area contributed by atoms with E-state index in [9.17, 15) is 5.11 Å². The van der Waals surface area contributed by atoms with Gasteiger partial charge in [-0.25, -0.2) is 0 Å². The summed E-state index contributed by atoms with van der Waals surface area (Å²) >= 11 is 0. The van der Waals surface area contributed by atoms with Crippen LogP contribution in [0.2, 0.25) is 0 Å². The number of likely N-dealkylation sites (tertiary alicyclic amines) is 1. The maximum atomic E-state index is 10.9. The Labute approximate surface area is 103 Å². The van der Waals surface area contributed by atoms with Crippen molar-refractivity contribution in [2.45, 2.75) is 12.0 Å². The Bertz CT molecular complexity index is 354. The topological polar surface area (TPSA) is 33.9 Å². The molecule has 1 aromatic rings. The van der Waals surface area contributed by atoms with E-state index in [4.69, 9.17) is 4.74 Å². The van der Waals surface area contributed by atoms with Gasteiger partial charge in [0.25, 0.3) is 0 Å². The van der Waals surface area contributed by atoms with Crippen LogP contribution in [0.25, 0.3) is 0 Å². The van der Waals surface area contributed by atoms with E-state index in [0.29, 0.717) is 6.61 Å². The summed E-state index contributed by atoms with van der Waals surface area (Å²) in [7, 11) is 5.72. The molecule has 1 aliphatic heterocycles. The van der Waals surface area contributed by atoms with Crippen molar-refractivity contribution in [2.75, 3.05) is 26.8 Å². The summed E-state index contributed by atoms with van der Waals surface area (Å²) in [6, 6.07) is 9.91. The first kappa shape index (κ1) is 12.6. The first-order valence-corrected chi connectivity index (χ1v) is 6.10. The summed E-state index contributed by atoms with van der Waals surface area (Å²) in [5.74, 6) is 0.108. The first-order valence-electron chi connectivity index (χ1n) is 6.10. The van der Waals surface area contributed by atoms with Crippen molar-refractivity contribution in [1.29, 1.82) is 0 Å². The maximum absolute atomic E-state index is 10.9. The fraction of sp³-hybridized carbons (Fsp3) is 0.500. The molecule has 0 bridgehead atoms. The molecule has 1 heterocycles. The molecular formula is C14H21NO2. The third-order valence-corrected chi connectivity index (χ3v) is 3.71. The highest BCUT2D eigenvalue weighted by molar-refractivity contribution is 5.23. The largest absolute Gasteiger partial charge is 0.467 e. The molecule has 0 aromatic heterocycles. The van der Waals surface area contributed by atoms with Gasteiger partial charge >= 0.3 is 0 Å². The van der Waals surface area contributed by atoms with Gasteiger partial charge in [-0.2, -0.15) is 7.05 Å². The molecule has 0 aliphatic carbocycles. The molecular weight excluding hydrogens is 214 g/mol. The van der Waals surface area contributed by atoms with E-state index in [0.717, 1.165) is 25.1 Å². The second-order valence-corrected chi connectivity index (χ2v) is 4.90. The van der Waals surface area contributed by atoms with Gasteiger partial charge in [-0.15, -0.1) is 0 Å². The molecule has 17 heavy (non-hydrogen) atoms. The van der Waals surface area contributed by atoms with E-state index in [2.05, 4.69) is 7.05 Å². The number of piperidine rings is 1. The molecule has 0 spiro atoms. The summed E-state index contributed by atoms with van der Waals surface area (Å²) in [6.07, 6.45) is 0.740. The summed E-state index contributed by atoms with van der Waals surface area (Å²) < 4.78 is 5.25. The molecule has 3 unspecified atom stereocenters. The fourth-order valence-corrected chi connectivity index (χ4v) is 2.70. The van der Waals surface area contributed by atoms with Crippen molar-refractivity contribution in [3.63, 3.8) is 0 Å². The molecule has 0 saturated carbocycles. The molecule has 3 atom stereocenters. The molecule has 0 radical (unpaired) electrons. The zero-order valence-corrected chi connectivity index (χ0v) is 10.4. The van der Waals surface area contributed by atoms with Crippen LogP contribution in [0.1, 0.15) is 12.0 Å². The van der Waals surface area contributed by atoms with E-state index in [1.54, 1.807) is 7.11 Å². The monoisotopic (exact) mass is 235 g/mol. The van der Waals surface area contributed by atoms with Crippen molar-refractivity contribution >= 4 is 0 Å². The third-order valence-electron chi connectivity index (χ3n) is 3.71. The van der Waals surface area contributed by atoms with E-state index in [1.165, 1.54) is 4.90 Å². The minimum atomic E-state index is -0.765. The van der Waals surface area contributed by atoms with Crippen LogP contribution < -0.4 is 4.90 Å². The summed E-state index contributed by atoms with van der Waals surface area (Å²) in [6.45, 7) is 2.31. The molecule has 2 rings (SSSR count). The predicted octanol–water partition coefficient (Wildman–Crippen LogP) is 0.217. The van der Waals surface area contributed by atoms with Crippen LogP contribution in [0.15, 0.2) is 30.3 Å². The van der Waals surface area contributed by atoms with E-state index in [-0.39, 0.29) is 5.92 Å². The van der Waals surface area contributed by atoms with E-state index < -0.39 is 5.60 Å². The maximum Gasteiger partial charge on any atom is 0.105 e. The van der Waals surface area contributed by atoms with Crippen LogP contribution in [0.3, 0.4) is 0 Å². The lowest BCUT2D eigenvalue weighted by atomic mass is 9.76. The Morgan fingerprint density at radius 1 is 1.47 bits per heavy atom. The summed E-state index contributed by atoms with van der Waals surface area (Å²) in [4.78, 5) is 1.22. The molecule has 1 saturated heterocycles. The average Bonchev–Trinajstić information content (AvgIpc) is 2.35. The number of quaternary nitrogens is 1. The summed E-state index contributed by atoms with van der Waals surface area (Å²) in [5, 5.41) is 10.9. The second-order valence-electron chi connectivity index (χ2n) is 4.90. The third kappa shape index (κ3) is 2.51. The molecule has 0 amide bonds. The van der Waals surface area contributed by atoms with Gasteiger partial charge in [0.15, 0.2) is 0 Å². The highest BCUT2D eigenvalue weighted by Gasteiger charge is 2.42. The smallest absolute Gasteiger partial charge is 0.105 e. The standard InChI is InChI=1S/C14H21NO2/c1-15-9-8-14(16,13(10-15)11-17-2)12-6-4-3-5-7-12/h3-7,13,15-16H,1,8-11H2,2H3. The average molecular weight is 235 g/mol. The van der Waals surface area contributed by atoms with Gasteiger partial charge < -0.3 is 14.7 Å². The molecule has 1 fully saturated rings. The Hall–Kier alpha value is -0.900. The van der Waals surface area contributed by atoms with Crippen LogP contribution in [-0.4, -0.2) is 31.9 Å². The predicted molar refractivity (Wildman–Crippen MR) is 66.4 cm³/mol. The Kier molecular flexibility index (Phi) is 3.82. The van der Waals surface area contributed by atoms with Crippen molar-refractivity contribution in [1.82, 2.24) is 0 Å². The number of hydrogen-bond donors (Lipinski definition) is 2. The van der Waals surface area contributed by atoms with E-state index in [1.807, 2.05) is 30.3 Å². The zero-order chi connectivity index (χ0) is 12.3. The number of nitrogens with one attached hydrogen (secondary N) is 1. The van der Waals surface area contributed by atoms with Crippen molar-refractivity contribution in [2.24, 2.45) is 5.92 Å². The fourth-order valence-electron chi connectivity index (χ4n) is 2.70. The van der Waals surface area contributed by atoms with Crippen molar-refractivity contribution < 1.29 is 14.7 Å². The molecule has 2 N–H and O–H groups in total. The highest BCUT2D eigenvalue weighted by atomic mass is 16.5. The number of hydrogen-bond acceptors (Lipinski definition) is 2. The van der Waals surface area contributed by atoms with Gasteiger partial charge in [0.1, 0.15) is 5.60 Å². The zero-order valence-electron chi connectivity index (χ0n) is 10.4. The Balaban J connectivity index is 2.26. The van der Waals surface area contributed by atoms with Gasteiger partial charge in [-0.05, 0) is 5.56 Å². The summed E-state index contributed by atoms with van der Waals surface area (Å²) in [5.41, 5.74) is 0.230. The minimum absolute atomic E-state index is 0.108. The molecule has 94 valence electrons. The van der Waals surface area contributed by atoms with Crippen molar-refractivity contribution in [3.05, 3.63) is 42.9 Å². The lowest BCUT2D eigenvalue weighted by Crippen LogP contribution is -3.09. The normalized spacial score (nSPS) is 33.6. The van der Waals surface area contributed by atoms with Gasteiger partial charge in [0.2, 0.25) is 0 Å². The second kappa shape index (κ2) is 5.17. The van der Waals surface area contributed by atoms with Crippen molar-refractivity contribution in [3.8, 4) is 0 Å². The van der Waals surface area contributed by atoms with Gasteiger partial charge in [-0.3, -0.25) is 0 Å². The van der Waals surface area contributed by atoms with E-state index >= 15 is 0 Å². The number of methoxy groups -OCH3 is 1. The number of aliphatic hydroxyl groups is 1. The lowest BCUT2D eigenvalue weighted by Gasteiger charge is -2.44. The van der Waals surface area contributed by atoms with Gasteiger partial charge in [-0.1, -0.05) is 30.3 Å². The lowest BCUT2D eigenvalue weighted by molar-refractivity contribution is -0.867. The highest BCUT2D eigenvalue weighted by Crippen LogP contribution is 2.34. The SMILES string of the molecule is [CH2-][NH+]1CCC(O)(c2ccccc2)C(COC)C1. The van der Waals surface area contributed by atoms with Crippen LogP contribution in [0.5, 0.6) is 0 Å².